The number of H-pyrrole nitrogens is 1. The third-order valence-corrected chi connectivity index (χ3v) is 4.91. The fourth-order valence-electron chi connectivity index (χ4n) is 3.15. The number of ether oxygens (including phenoxy) is 1. The first kappa shape index (κ1) is 22.4. The second kappa shape index (κ2) is 10.1. The highest BCUT2D eigenvalue weighted by molar-refractivity contribution is 6.30. The minimum absolute atomic E-state index is 0.199. The minimum Gasteiger partial charge on any atom is -0.496 e. The predicted molar refractivity (Wildman–Crippen MR) is 121 cm³/mol. The second-order valence-electron chi connectivity index (χ2n) is 7.52. The van der Waals surface area contributed by atoms with Crippen molar-refractivity contribution < 1.29 is 14.3 Å². The summed E-state index contributed by atoms with van der Waals surface area (Å²) in [5.74, 6) is 0.574. The van der Waals surface area contributed by atoms with Gasteiger partial charge in [0.1, 0.15) is 11.8 Å². The first-order valence-corrected chi connectivity index (χ1v) is 10.3. The van der Waals surface area contributed by atoms with Crippen molar-refractivity contribution in [1.82, 2.24) is 15.5 Å². The largest absolute Gasteiger partial charge is 0.496 e. The van der Waals surface area contributed by atoms with E-state index in [4.69, 9.17) is 16.3 Å². The van der Waals surface area contributed by atoms with Crippen LogP contribution in [0.3, 0.4) is 0 Å². The van der Waals surface area contributed by atoms with Crippen molar-refractivity contribution in [3.8, 4) is 17.0 Å². The van der Waals surface area contributed by atoms with Crippen molar-refractivity contribution >= 4 is 29.2 Å². The number of anilines is 1. The first-order chi connectivity index (χ1) is 14.9. The number of nitrogens with one attached hydrogen (secondary N) is 3. The maximum atomic E-state index is 12.9. The van der Waals surface area contributed by atoms with Crippen LogP contribution in [0, 0.1) is 5.92 Å². The number of aromatic amines is 1. The number of halogens is 1. The van der Waals surface area contributed by atoms with Gasteiger partial charge in [-0.1, -0.05) is 37.6 Å². The van der Waals surface area contributed by atoms with Crippen molar-refractivity contribution in [3.05, 3.63) is 65.2 Å². The summed E-state index contributed by atoms with van der Waals surface area (Å²) in [6.07, 6.45) is 0.481. The number of carbonyl (C=O) groups is 2. The molecular formula is C23H25ClN4O3. The highest BCUT2D eigenvalue weighted by atomic mass is 35.5. The Labute approximate surface area is 186 Å². The molecule has 0 spiro atoms. The summed E-state index contributed by atoms with van der Waals surface area (Å²) in [6.45, 7) is 3.98. The van der Waals surface area contributed by atoms with Crippen LogP contribution in [-0.4, -0.2) is 35.2 Å². The van der Waals surface area contributed by atoms with Crippen LogP contribution in [0.1, 0.15) is 30.6 Å². The number of para-hydroxylation sites is 1. The Morgan fingerprint density at radius 3 is 2.52 bits per heavy atom. The molecule has 162 valence electrons. The van der Waals surface area contributed by atoms with Crippen LogP contribution in [-0.2, 0) is 4.79 Å². The summed E-state index contributed by atoms with van der Waals surface area (Å²) < 4.78 is 5.37. The molecule has 31 heavy (non-hydrogen) atoms. The molecule has 0 saturated carbocycles. The Hall–Kier alpha value is -3.32. The lowest BCUT2D eigenvalue weighted by Gasteiger charge is -2.19. The normalized spacial score (nSPS) is 11.8. The van der Waals surface area contributed by atoms with E-state index in [-0.39, 0.29) is 17.7 Å². The molecule has 3 N–H and O–H groups in total. The van der Waals surface area contributed by atoms with Gasteiger partial charge in [-0.2, -0.15) is 5.10 Å². The van der Waals surface area contributed by atoms with E-state index in [2.05, 4.69) is 20.8 Å². The van der Waals surface area contributed by atoms with Gasteiger partial charge in [-0.25, -0.2) is 0 Å². The third-order valence-electron chi connectivity index (χ3n) is 4.66. The molecule has 0 fully saturated rings. The van der Waals surface area contributed by atoms with E-state index < -0.39 is 6.04 Å². The number of nitrogens with zero attached hydrogens (tertiary/aromatic N) is 1. The topological polar surface area (TPSA) is 96.1 Å². The third kappa shape index (κ3) is 5.86. The summed E-state index contributed by atoms with van der Waals surface area (Å²) in [6, 6.07) is 15.0. The van der Waals surface area contributed by atoms with Crippen molar-refractivity contribution in [3.63, 3.8) is 0 Å². The molecule has 0 aliphatic carbocycles. The Morgan fingerprint density at radius 2 is 1.84 bits per heavy atom. The van der Waals surface area contributed by atoms with Crippen molar-refractivity contribution in [1.29, 1.82) is 0 Å². The molecule has 3 aromatic rings. The summed E-state index contributed by atoms with van der Waals surface area (Å²) in [5.41, 5.74) is 1.97. The molecule has 3 rings (SSSR count). The van der Waals surface area contributed by atoms with E-state index in [0.717, 1.165) is 5.56 Å². The van der Waals surface area contributed by atoms with E-state index in [9.17, 15) is 9.59 Å². The van der Waals surface area contributed by atoms with Gasteiger partial charge >= 0.3 is 0 Å². The molecule has 7 nitrogen and oxygen atoms in total. The van der Waals surface area contributed by atoms with Gasteiger partial charge in [-0.05, 0) is 48.7 Å². The van der Waals surface area contributed by atoms with Crippen molar-refractivity contribution in [2.75, 3.05) is 12.4 Å². The molecule has 1 heterocycles. The maximum Gasteiger partial charge on any atom is 0.251 e. The second-order valence-corrected chi connectivity index (χ2v) is 7.96. The highest BCUT2D eigenvalue weighted by Gasteiger charge is 2.23. The van der Waals surface area contributed by atoms with E-state index in [1.165, 1.54) is 0 Å². The fraction of sp³-hybridized carbons (Fsp3) is 0.261. The summed E-state index contributed by atoms with van der Waals surface area (Å²) in [4.78, 5) is 25.5. The quantitative estimate of drug-likeness (QED) is 0.479. The number of hydrogen-bond acceptors (Lipinski definition) is 4. The van der Waals surface area contributed by atoms with Gasteiger partial charge in [0.15, 0.2) is 5.82 Å². The van der Waals surface area contributed by atoms with Crippen LogP contribution in [0.25, 0.3) is 11.3 Å². The van der Waals surface area contributed by atoms with Gasteiger partial charge in [0.2, 0.25) is 5.91 Å². The number of hydrogen-bond donors (Lipinski definition) is 3. The predicted octanol–water partition coefficient (Wildman–Crippen LogP) is 4.52. The summed E-state index contributed by atoms with van der Waals surface area (Å²) in [5, 5.41) is 13.2. The maximum absolute atomic E-state index is 12.9. The smallest absolute Gasteiger partial charge is 0.251 e. The zero-order valence-corrected chi connectivity index (χ0v) is 18.4. The lowest BCUT2D eigenvalue weighted by molar-refractivity contribution is -0.118. The Balaban J connectivity index is 1.73. The van der Waals surface area contributed by atoms with Crippen LogP contribution >= 0.6 is 11.6 Å². The summed E-state index contributed by atoms with van der Waals surface area (Å²) in [7, 11) is 1.60. The molecule has 1 unspecified atom stereocenters. The van der Waals surface area contributed by atoms with Crippen LogP contribution in [0.4, 0.5) is 5.82 Å². The van der Waals surface area contributed by atoms with Gasteiger partial charge in [0, 0.05) is 22.2 Å². The summed E-state index contributed by atoms with van der Waals surface area (Å²) >= 11 is 5.88. The number of methoxy groups -OCH3 is 1. The monoisotopic (exact) mass is 440 g/mol. The number of carbonyl (C=O) groups excluding carboxylic acids is 2. The molecule has 1 atom stereocenters. The van der Waals surface area contributed by atoms with Gasteiger partial charge in [0.25, 0.3) is 5.91 Å². The molecule has 0 bridgehead atoms. The van der Waals surface area contributed by atoms with Gasteiger partial charge in [0.05, 0.1) is 12.8 Å². The molecule has 0 aliphatic heterocycles. The zero-order valence-electron chi connectivity index (χ0n) is 17.6. The molecule has 0 radical (unpaired) electrons. The highest BCUT2D eigenvalue weighted by Crippen LogP contribution is 2.29. The molecule has 0 aliphatic rings. The van der Waals surface area contributed by atoms with Crippen LogP contribution < -0.4 is 15.4 Å². The van der Waals surface area contributed by atoms with E-state index in [0.29, 0.717) is 34.3 Å². The van der Waals surface area contributed by atoms with E-state index in [1.54, 1.807) is 37.4 Å². The fourth-order valence-corrected chi connectivity index (χ4v) is 3.28. The average Bonchev–Trinajstić information content (AvgIpc) is 3.21. The zero-order chi connectivity index (χ0) is 22.4. The van der Waals surface area contributed by atoms with Gasteiger partial charge < -0.3 is 15.4 Å². The standard InChI is InChI=1S/C23H25ClN4O3/c1-14(2)12-19(25-22(29)15-8-10-16(24)11-9-15)23(30)26-21-13-18(27-28-21)17-6-4-5-7-20(17)31-3/h4-11,13-14,19H,12H2,1-3H3,(H,25,29)(H2,26,27,28,30). The molecule has 2 aromatic carbocycles. The lowest BCUT2D eigenvalue weighted by Crippen LogP contribution is -2.44. The number of aromatic nitrogens is 2. The SMILES string of the molecule is COc1ccccc1-c1cc(NC(=O)C(CC(C)C)NC(=O)c2ccc(Cl)cc2)n[nH]1. The molecule has 2 amide bonds. The van der Waals surface area contributed by atoms with E-state index in [1.807, 2.05) is 38.1 Å². The van der Waals surface area contributed by atoms with E-state index >= 15 is 0 Å². The molecular weight excluding hydrogens is 416 g/mol. The average molecular weight is 441 g/mol. The Kier molecular flexibility index (Phi) is 7.31. The van der Waals surface area contributed by atoms with Crippen molar-refractivity contribution in [2.45, 2.75) is 26.3 Å². The minimum atomic E-state index is -0.713. The number of rotatable bonds is 8. The number of benzene rings is 2. The Morgan fingerprint density at radius 1 is 1.13 bits per heavy atom. The first-order valence-electron chi connectivity index (χ1n) is 9.93. The molecule has 1 aromatic heterocycles. The van der Waals surface area contributed by atoms with Crippen LogP contribution in [0.5, 0.6) is 5.75 Å². The van der Waals surface area contributed by atoms with Crippen molar-refractivity contribution in [2.24, 2.45) is 5.92 Å². The lowest BCUT2D eigenvalue weighted by atomic mass is 10.0. The molecule has 0 saturated heterocycles. The van der Waals surface area contributed by atoms with Gasteiger partial charge in [-0.3, -0.25) is 14.7 Å². The van der Waals surface area contributed by atoms with Crippen LogP contribution in [0.2, 0.25) is 5.02 Å². The van der Waals surface area contributed by atoms with Crippen LogP contribution in [0.15, 0.2) is 54.6 Å². The number of amides is 2. The molecule has 8 heteroatoms. The van der Waals surface area contributed by atoms with Gasteiger partial charge in [-0.15, -0.1) is 0 Å². The Bertz CT molecular complexity index is 1050.